The van der Waals surface area contributed by atoms with Crippen LogP contribution < -0.4 is 0 Å². The lowest BCUT2D eigenvalue weighted by atomic mass is 9.94. The number of rotatable bonds is 0. The van der Waals surface area contributed by atoms with E-state index in [2.05, 4.69) is 54.6 Å². The van der Waals surface area contributed by atoms with Crippen molar-refractivity contribution in [2.45, 2.75) is 0 Å². The molecule has 0 fully saturated rings. The van der Waals surface area contributed by atoms with Gasteiger partial charge < -0.3 is 0 Å². The predicted molar refractivity (Wildman–Crippen MR) is 96.4 cm³/mol. The quantitative estimate of drug-likeness (QED) is 0.288. The minimum Gasteiger partial charge on any atom is -0.207 e. The van der Waals surface area contributed by atoms with Crippen molar-refractivity contribution in [1.29, 1.82) is 0 Å². The van der Waals surface area contributed by atoms with Crippen LogP contribution in [0.1, 0.15) is 0 Å². The van der Waals surface area contributed by atoms with Crippen LogP contribution in [0.3, 0.4) is 0 Å². The van der Waals surface area contributed by atoms with E-state index in [-0.39, 0.29) is 5.82 Å². The molecule has 0 amide bonds. The van der Waals surface area contributed by atoms with Gasteiger partial charge in [-0.1, -0.05) is 66.7 Å². The second-order valence-corrected chi connectivity index (χ2v) is 5.97. The Hall–Kier alpha value is -2.93. The Kier molecular flexibility index (Phi) is 2.48. The van der Waals surface area contributed by atoms with Crippen LogP contribution in [0.2, 0.25) is 0 Å². The largest absolute Gasteiger partial charge is 0.207 e. The Morgan fingerprint density at radius 3 is 1.74 bits per heavy atom. The van der Waals surface area contributed by atoms with Gasteiger partial charge in [0, 0.05) is 0 Å². The van der Waals surface area contributed by atoms with Gasteiger partial charge in [0.1, 0.15) is 5.82 Å². The Balaban J connectivity index is 2.00. The fraction of sp³-hybridized carbons (Fsp3) is 0. The van der Waals surface area contributed by atoms with Crippen molar-refractivity contribution >= 4 is 43.1 Å². The summed E-state index contributed by atoms with van der Waals surface area (Å²) in [5.41, 5.74) is 0. The second kappa shape index (κ2) is 4.53. The Morgan fingerprint density at radius 2 is 0.957 bits per heavy atom. The standard InChI is InChI=1S/C22H13F/c23-16-7-10-18-15(13-16)6-9-22-20(18)12-11-19-17-4-2-1-3-14(17)5-8-21(19)22/h1-13H. The molecule has 5 aromatic rings. The van der Waals surface area contributed by atoms with Crippen LogP contribution >= 0.6 is 0 Å². The van der Waals surface area contributed by atoms with Gasteiger partial charge in [0.15, 0.2) is 0 Å². The van der Waals surface area contributed by atoms with Crippen molar-refractivity contribution in [3.8, 4) is 0 Å². The van der Waals surface area contributed by atoms with Gasteiger partial charge in [-0.25, -0.2) is 4.39 Å². The van der Waals surface area contributed by atoms with Crippen LogP contribution in [0.5, 0.6) is 0 Å². The summed E-state index contributed by atoms with van der Waals surface area (Å²) < 4.78 is 13.5. The summed E-state index contributed by atoms with van der Waals surface area (Å²) in [6, 6.07) is 26.3. The molecule has 0 aliphatic carbocycles. The van der Waals surface area contributed by atoms with E-state index in [1.165, 1.54) is 38.4 Å². The zero-order chi connectivity index (χ0) is 15.4. The Morgan fingerprint density at radius 1 is 0.435 bits per heavy atom. The van der Waals surface area contributed by atoms with Crippen molar-refractivity contribution in [2.75, 3.05) is 0 Å². The van der Waals surface area contributed by atoms with Crippen molar-refractivity contribution in [1.82, 2.24) is 0 Å². The summed E-state index contributed by atoms with van der Waals surface area (Å²) in [6.07, 6.45) is 0. The number of hydrogen-bond acceptors (Lipinski definition) is 0. The number of benzene rings is 5. The molecule has 23 heavy (non-hydrogen) atoms. The fourth-order valence-electron chi connectivity index (χ4n) is 3.62. The highest BCUT2D eigenvalue weighted by atomic mass is 19.1. The summed E-state index contributed by atoms with van der Waals surface area (Å²) in [6.45, 7) is 0. The molecular formula is C22H13F. The molecule has 0 nitrogen and oxygen atoms in total. The first kappa shape index (κ1) is 12.6. The molecule has 0 atom stereocenters. The van der Waals surface area contributed by atoms with Gasteiger partial charge in [-0.3, -0.25) is 0 Å². The maximum atomic E-state index is 13.5. The van der Waals surface area contributed by atoms with Crippen LogP contribution in [-0.4, -0.2) is 0 Å². The van der Waals surface area contributed by atoms with Crippen molar-refractivity contribution in [3.05, 3.63) is 84.7 Å². The topological polar surface area (TPSA) is 0 Å². The lowest BCUT2D eigenvalue weighted by molar-refractivity contribution is 0.630. The van der Waals surface area contributed by atoms with Gasteiger partial charge in [-0.05, 0) is 55.2 Å². The van der Waals surface area contributed by atoms with Crippen LogP contribution in [0.4, 0.5) is 4.39 Å². The second-order valence-electron chi connectivity index (χ2n) is 5.97. The molecule has 0 aromatic heterocycles. The van der Waals surface area contributed by atoms with Crippen LogP contribution in [0.15, 0.2) is 78.9 Å². The SMILES string of the molecule is Fc1ccc2c(ccc3c2ccc2c4ccccc4ccc23)c1. The summed E-state index contributed by atoms with van der Waals surface area (Å²) in [7, 11) is 0. The van der Waals surface area contributed by atoms with Crippen molar-refractivity contribution in [3.63, 3.8) is 0 Å². The number of halogens is 1. The molecule has 0 unspecified atom stereocenters. The van der Waals surface area contributed by atoms with Gasteiger partial charge >= 0.3 is 0 Å². The minimum absolute atomic E-state index is 0.191. The van der Waals surface area contributed by atoms with Gasteiger partial charge in [0.25, 0.3) is 0 Å². The highest BCUT2D eigenvalue weighted by Gasteiger charge is 2.07. The van der Waals surface area contributed by atoms with E-state index in [1.807, 2.05) is 12.1 Å². The van der Waals surface area contributed by atoms with Gasteiger partial charge in [0.05, 0.1) is 0 Å². The Bertz CT molecular complexity index is 1220. The summed E-state index contributed by atoms with van der Waals surface area (Å²) >= 11 is 0. The molecule has 0 aliphatic rings. The summed E-state index contributed by atoms with van der Waals surface area (Å²) in [5.74, 6) is -0.191. The minimum atomic E-state index is -0.191. The molecular weight excluding hydrogens is 283 g/mol. The normalized spacial score (nSPS) is 11.7. The highest BCUT2D eigenvalue weighted by molar-refractivity contribution is 6.22. The van der Waals surface area contributed by atoms with Gasteiger partial charge in [0.2, 0.25) is 0 Å². The summed E-state index contributed by atoms with van der Waals surface area (Å²) in [4.78, 5) is 0. The molecule has 108 valence electrons. The monoisotopic (exact) mass is 296 g/mol. The third-order valence-electron chi connectivity index (χ3n) is 4.70. The third-order valence-corrected chi connectivity index (χ3v) is 4.70. The lowest BCUT2D eigenvalue weighted by Crippen LogP contribution is -1.83. The van der Waals surface area contributed by atoms with Gasteiger partial charge in [-0.15, -0.1) is 0 Å². The molecule has 0 N–H and O–H groups in total. The molecule has 0 saturated heterocycles. The van der Waals surface area contributed by atoms with Crippen LogP contribution in [-0.2, 0) is 0 Å². The average molecular weight is 296 g/mol. The fourth-order valence-corrected chi connectivity index (χ4v) is 3.62. The van der Waals surface area contributed by atoms with Gasteiger partial charge in [-0.2, -0.15) is 0 Å². The highest BCUT2D eigenvalue weighted by Crippen LogP contribution is 2.34. The molecule has 5 rings (SSSR count). The van der Waals surface area contributed by atoms with E-state index in [0.717, 1.165) is 10.8 Å². The maximum Gasteiger partial charge on any atom is 0.123 e. The molecule has 0 aliphatic heterocycles. The molecule has 0 saturated carbocycles. The molecule has 0 bridgehead atoms. The smallest absolute Gasteiger partial charge is 0.123 e. The number of fused-ring (bicyclic) bond motifs is 7. The first-order valence-electron chi connectivity index (χ1n) is 7.74. The zero-order valence-electron chi connectivity index (χ0n) is 12.4. The Labute approximate surface area is 132 Å². The third kappa shape index (κ3) is 1.77. The van der Waals surface area contributed by atoms with Crippen LogP contribution in [0.25, 0.3) is 43.1 Å². The molecule has 0 spiro atoms. The van der Waals surface area contributed by atoms with E-state index in [1.54, 1.807) is 6.07 Å². The first-order valence-corrected chi connectivity index (χ1v) is 7.74. The van der Waals surface area contributed by atoms with E-state index in [0.29, 0.717) is 0 Å². The van der Waals surface area contributed by atoms with Crippen molar-refractivity contribution < 1.29 is 4.39 Å². The molecule has 0 heterocycles. The van der Waals surface area contributed by atoms with E-state index >= 15 is 0 Å². The maximum absolute atomic E-state index is 13.5. The van der Waals surface area contributed by atoms with E-state index < -0.39 is 0 Å². The lowest BCUT2D eigenvalue weighted by Gasteiger charge is -2.10. The van der Waals surface area contributed by atoms with E-state index in [4.69, 9.17) is 0 Å². The van der Waals surface area contributed by atoms with E-state index in [9.17, 15) is 4.39 Å². The predicted octanol–water partition coefficient (Wildman–Crippen LogP) is 6.44. The molecule has 5 aromatic carbocycles. The summed E-state index contributed by atoms with van der Waals surface area (Å²) in [5, 5.41) is 9.45. The van der Waals surface area contributed by atoms with Crippen molar-refractivity contribution in [2.24, 2.45) is 0 Å². The van der Waals surface area contributed by atoms with Crippen LogP contribution in [0, 0.1) is 5.82 Å². The average Bonchev–Trinajstić information content (AvgIpc) is 2.60. The molecule has 1 heteroatoms. The number of hydrogen-bond donors (Lipinski definition) is 0. The first-order chi connectivity index (χ1) is 11.3. The zero-order valence-corrected chi connectivity index (χ0v) is 12.4. The molecule has 0 radical (unpaired) electrons.